The Morgan fingerprint density at radius 3 is 1.82 bits per heavy atom. The van der Waals surface area contributed by atoms with E-state index in [-0.39, 0.29) is 12.1 Å². The quantitative estimate of drug-likeness (QED) is 0.639. The smallest absolute Gasteiger partial charge is 0.0613 e. The van der Waals surface area contributed by atoms with E-state index in [0.717, 1.165) is 19.3 Å². The second kappa shape index (κ2) is 4.73. The van der Waals surface area contributed by atoms with Crippen LogP contribution in [0.25, 0.3) is 0 Å². The first-order valence-electron chi connectivity index (χ1n) is 4.54. The van der Waals surface area contributed by atoms with Crippen LogP contribution in [-0.4, -0.2) is 17.3 Å². The van der Waals surface area contributed by atoms with E-state index in [2.05, 4.69) is 13.8 Å². The molecule has 2 heteroatoms. The number of aliphatic hydroxyl groups excluding tert-OH is 1. The van der Waals surface area contributed by atoms with E-state index < -0.39 is 0 Å². The molecule has 2 nitrogen and oxygen atoms in total. The maximum absolute atomic E-state index is 9.09. The van der Waals surface area contributed by atoms with Crippen LogP contribution >= 0.6 is 0 Å². The molecular formula is C9H21NO. The van der Waals surface area contributed by atoms with Gasteiger partial charge in [-0.1, -0.05) is 33.6 Å². The van der Waals surface area contributed by atoms with Crippen molar-refractivity contribution < 1.29 is 5.11 Å². The van der Waals surface area contributed by atoms with Gasteiger partial charge in [0, 0.05) is 5.54 Å². The molecule has 0 rings (SSSR count). The van der Waals surface area contributed by atoms with E-state index in [1.165, 1.54) is 0 Å². The van der Waals surface area contributed by atoms with Crippen molar-refractivity contribution in [3.8, 4) is 0 Å². The molecule has 0 fully saturated rings. The minimum Gasteiger partial charge on any atom is -0.394 e. The fourth-order valence-corrected chi connectivity index (χ4v) is 1.63. The lowest BCUT2D eigenvalue weighted by Crippen LogP contribution is -2.49. The van der Waals surface area contributed by atoms with E-state index in [1.54, 1.807) is 0 Å². The summed E-state index contributed by atoms with van der Waals surface area (Å²) in [6.45, 7) is 6.40. The molecule has 3 N–H and O–H groups in total. The highest BCUT2D eigenvalue weighted by Crippen LogP contribution is 2.24. The first kappa shape index (κ1) is 10.9. The molecule has 0 aliphatic carbocycles. The van der Waals surface area contributed by atoms with Crippen LogP contribution < -0.4 is 5.73 Å². The second-order valence-electron chi connectivity index (χ2n) is 3.26. The van der Waals surface area contributed by atoms with Gasteiger partial charge in [-0.05, 0) is 12.3 Å². The molecule has 0 heterocycles. The number of hydrogen-bond donors (Lipinski definition) is 2. The van der Waals surface area contributed by atoms with Crippen molar-refractivity contribution in [1.29, 1.82) is 0 Å². The van der Waals surface area contributed by atoms with E-state index >= 15 is 0 Å². The molecule has 0 aliphatic rings. The molecule has 68 valence electrons. The van der Waals surface area contributed by atoms with Gasteiger partial charge in [-0.15, -0.1) is 0 Å². The van der Waals surface area contributed by atoms with Crippen LogP contribution in [0.2, 0.25) is 0 Å². The highest BCUT2D eigenvalue weighted by Gasteiger charge is 2.29. The molecule has 0 saturated heterocycles. The summed E-state index contributed by atoms with van der Waals surface area (Å²) in [6, 6.07) is 0. The van der Waals surface area contributed by atoms with Gasteiger partial charge in [0.25, 0.3) is 0 Å². The van der Waals surface area contributed by atoms with Crippen molar-refractivity contribution >= 4 is 0 Å². The van der Waals surface area contributed by atoms with Crippen LogP contribution in [0.4, 0.5) is 0 Å². The number of aliphatic hydroxyl groups is 1. The minimum atomic E-state index is -0.344. The van der Waals surface area contributed by atoms with Gasteiger partial charge >= 0.3 is 0 Å². The lowest BCUT2D eigenvalue weighted by molar-refractivity contribution is 0.129. The third-order valence-electron chi connectivity index (χ3n) is 2.75. The Morgan fingerprint density at radius 1 is 1.27 bits per heavy atom. The molecule has 0 spiro atoms. The first-order chi connectivity index (χ1) is 5.14. The monoisotopic (exact) mass is 159 g/mol. The van der Waals surface area contributed by atoms with E-state index in [9.17, 15) is 0 Å². The average Bonchev–Trinajstić information content (AvgIpc) is 2.06. The maximum atomic E-state index is 9.09. The van der Waals surface area contributed by atoms with Crippen LogP contribution in [0, 0.1) is 5.92 Å². The number of nitrogens with two attached hydrogens (primary N) is 1. The molecule has 0 bridgehead atoms. The molecule has 0 aromatic rings. The summed E-state index contributed by atoms with van der Waals surface area (Å²) in [7, 11) is 0. The molecular weight excluding hydrogens is 138 g/mol. The molecule has 0 aromatic heterocycles. The van der Waals surface area contributed by atoms with Gasteiger partial charge in [-0.2, -0.15) is 0 Å². The van der Waals surface area contributed by atoms with Gasteiger partial charge in [0.1, 0.15) is 0 Å². The van der Waals surface area contributed by atoms with Crippen molar-refractivity contribution in [1.82, 2.24) is 0 Å². The second-order valence-corrected chi connectivity index (χ2v) is 3.26. The van der Waals surface area contributed by atoms with E-state index in [4.69, 9.17) is 10.8 Å². The third-order valence-corrected chi connectivity index (χ3v) is 2.75. The highest BCUT2D eigenvalue weighted by molar-refractivity contribution is 4.88. The molecule has 0 aliphatic heterocycles. The lowest BCUT2D eigenvalue weighted by Gasteiger charge is -2.34. The predicted molar refractivity (Wildman–Crippen MR) is 48.4 cm³/mol. The molecule has 11 heavy (non-hydrogen) atoms. The van der Waals surface area contributed by atoms with Crippen molar-refractivity contribution in [3.63, 3.8) is 0 Å². The fraction of sp³-hybridized carbons (Fsp3) is 1.00. The van der Waals surface area contributed by atoms with Gasteiger partial charge in [0.2, 0.25) is 0 Å². The van der Waals surface area contributed by atoms with Crippen LogP contribution in [0.1, 0.15) is 40.0 Å². The molecule has 0 saturated carbocycles. The molecule has 0 aromatic carbocycles. The zero-order valence-electron chi connectivity index (χ0n) is 7.93. The zero-order chi connectivity index (χ0) is 8.91. The van der Waals surface area contributed by atoms with Crippen molar-refractivity contribution in [2.75, 3.05) is 6.61 Å². The number of rotatable bonds is 5. The van der Waals surface area contributed by atoms with Gasteiger partial charge in [-0.25, -0.2) is 0 Å². The maximum Gasteiger partial charge on any atom is 0.0613 e. The normalized spacial score (nSPS) is 16.9. The van der Waals surface area contributed by atoms with Crippen molar-refractivity contribution in [2.45, 2.75) is 45.6 Å². The largest absolute Gasteiger partial charge is 0.394 e. The summed E-state index contributed by atoms with van der Waals surface area (Å²) in [5, 5.41) is 9.09. The van der Waals surface area contributed by atoms with Gasteiger partial charge in [0.15, 0.2) is 0 Å². The topological polar surface area (TPSA) is 46.2 Å². The van der Waals surface area contributed by atoms with Gasteiger partial charge in [0.05, 0.1) is 6.61 Å². The Labute approximate surface area is 69.8 Å². The predicted octanol–water partition coefficient (Wildman–Crippen LogP) is 1.52. The molecule has 1 unspecified atom stereocenters. The summed E-state index contributed by atoms with van der Waals surface area (Å²) in [5.41, 5.74) is 5.67. The average molecular weight is 159 g/mol. The fourth-order valence-electron chi connectivity index (χ4n) is 1.63. The van der Waals surface area contributed by atoms with Crippen LogP contribution in [0.15, 0.2) is 0 Å². The molecule has 0 radical (unpaired) electrons. The molecule has 0 amide bonds. The van der Waals surface area contributed by atoms with Gasteiger partial charge < -0.3 is 10.8 Å². The Kier molecular flexibility index (Phi) is 4.69. The first-order valence-corrected chi connectivity index (χ1v) is 4.54. The Balaban J connectivity index is 4.19. The highest BCUT2D eigenvalue weighted by atomic mass is 16.3. The SMILES string of the molecule is CCC(CC)C(N)(CC)CO. The molecule has 1 atom stereocenters. The Bertz CT molecular complexity index is 95.7. The lowest BCUT2D eigenvalue weighted by atomic mass is 9.80. The van der Waals surface area contributed by atoms with Crippen LogP contribution in [0.3, 0.4) is 0 Å². The standard InChI is InChI=1S/C9H21NO/c1-4-8(5-2)9(10,6-3)7-11/h8,11H,4-7,10H2,1-3H3. The van der Waals surface area contributed by atoms with Gasteiger partial charge in [-0.3, -0.25) is 0 Å². The summed E-state index contributed by atoms with van der Waals surface area (Å²) in [6.07, 6.45) is 2.97. The van der Waals surface area contributed by atoms with Crippen molar-refractivity contribution in [3.05, 3.63) is 0 Å². The summed E-state index contributed by atoms with van der Waals surface area (Å²) in [5.74, 6) is 0.456. The van der Waals surface area contributed by atoms with Crippen LogP contribution in [0.5, 0.6) is 0 Å². The minimum absolute atomic E-state index is 0.107. The Hall–Kier alpha value is -0.0800. The summed E-state index contributed by atoms with van der Waals surface area (Å²) < 4.78 is 0. The number of hydrogen-bond acceptors (Lipinski definition) is 2. The zero-order valence-corrected chi connectivity index (χ0v) is 7.93. The third kappa shape index (κ3) is 2.46. The van der Waals surface area contributed by atoms with E-state index in [1.807, 2.05) is 6.92 Å². The Morgan fingerprint density at radius 2 is 1.73 bits per heavy atom. The van der Waals surface area contributed by atoms with Crippen molar-refractivity contribution in [2.24, 2.45) is 11.7 Å². The van der Waals surface area contributed by atoms with E-state index in [0.29, 0.717) is 5.92 Å². The summed E-state index contributed by atoms with van der Waals surface area (Å²) >= 11 is 0. The summed E-state index contributed by atoms with van der Waals surface area (Å²) in [4.78, 5) is 0. The van der Waals surface area contributed by atoms with Crippen LogP contribution in [-0.2, 0) is 0 Å².